The fraction of sp³-hybridized carbons (Fsp3) is 0.125. The smallest absolute Gasteiger partial charge is 0.253 e. The summed E-state index contributed by atoms with van der Waals surface area (Å²) in [6, 6.07) is 32.3. The van der Waals surface area contributed by atoms with Gasteiger partial charge in [0, 0.05) is 32.5 Å². The summed E-state index contributed by atoms with van der Waals surface area (Å²) in [5.41, 5.74) is 4.53. The van der Waals surface area contributed by atoms with E-state index in [2.05, 4.69) is 44.8 Å². The van der Waals surface area contributed by atoms with Crippen LogP contribution in [0.25, 0.3) is 0 Å². The molecule has 2 aliphatic heterocycles. The molecule has 42 heavy (non-hydrogen) atoms. The topological polar surface area (TPSA) is 83.4 Å². The summed E-state index contributed by atoms with van der Waals surface area (Å²) in [7, 11) is 0. The summed E-state index contributed by atoms with van der Waals surface area (Å²) in [5, 5.41) is 11.3. The van der Waals surface area contributed by atoms with E-state index in [9.17, 15) is 9.59 Å². The molecular weight excluding hydrogens is 565 g/mol. The molecule has 208 valence electrons. The zero-order valence-corrected chi connectivity index (χ0v) is 24.1. The Kier molecular flexibility index (Phi) is 7.15. The normalized spacial score (nSPS) is 13.0. The lowest BCUT2D eigenvalue weighted by atomic mass is 10.2. The van der Waals surface area contributed by atoms with Crippen LogP contribution in [0.3, 0.4) is 0 Å². The number of amides is 2. The second-order valence-corrected chi connectivity index (χ2v) is 12.1. The molecule has 0 saturated heterocycles. The molecule has 0 unspecified atom stereocenters. The number of aromatic nitrogens is 3. The van der Waals surface area contributed by atoms with E-state index < -0.39 is 0 Å². The van der Waals surface area contributed by atoms with Crippen LogP contribution in [0.5, 0.6) is 0 Å². The number of carbonyl (C=O) groups excluding carboxylic acids is 2. The van der Waals surface area contributed by atoms with Crippen molar-refractivity contribution in [2.75, 3.05) is 16.3 Å². The largest absolute Gasteiger partial charge is 0.350 e. The number of nitrogens with zero attached hydrogens (tertiary/aromatic N) is 5. The highest BCUT2D eigenvalue weighted by molar-refractivity contribution is 8.00. The molecule has 0 spiro atoms. The van der Waals surface area contributed by atoms with Crippen molar-refractivity contribution in [1.29, 1.82) is 0 Å². The van der Waals surface area contributed by atoms with Crippen LogP contribution in [-0.2, 0) is 22.7 Å². The van der Waals surface area contributed by atoms with Gasteiger partial charge in [0.15, 0.2) is 0 Å². The number of anilines is 4. The zero-order chi connectivity index (χ0) is 28.5. The Labute approximate surface area is 251 Å². The lowest BCUT2D eigenvalue weighted by Gasteiger charge is -2.32. The van der Waals surface area contributed by atoms with Gasteiger partial charge in [0.05, 0.1) is 35.5 Å². The van der Waals surface area contributed by atoms with Crippen molar-refractivity contribution >= 4 is 58.1 Å². The molecule has 1 aromatic heterocycles. The van der Waals surface area contributed by atoms with Crippen LogP contribution < -0.4 is 15.1 Å². The summed E-state index contributed by atoms with van der Waals surface area (Å²) in [4.78, 5) is 34.8. The first-order valence-corrected chi connectivity index (χ1v) is 15.3. The average molecular weight is 591 g/mol. The second-order valence-electron chi connectivity index (χ2n) is 9.89. The summed E-state index contributed by atoms with van der Waals surface area (Å²) in [5.74, 6) is -0.191. The molecule has 2 aliphatic rings. The van der Waals surface area contributed by atoms with Gasteiger partial charge in [-0.1, -0.05) is 77.3 Å². The SMILES string of the molecule is O=C(CCN1c2ccccc2Sc2ccccc21)NCc1cn(CC(=O)N2c3ccccc3Sc3ccccc32)nn1. The molecule has 3 heterocycles. The Balaban J connectivity index is 0.983. The summed E-state index contributed by atoms with van der Waals surface area (Å²) in [6.07, 6.45) is 2.04. The molecule has 0 bridgehead atoms. The minimum absolute atomic E-state index is 0.0278. The summed E-state index contributed by atoms with van der Waals surface area (Å²) in [6.45, 7) is 0.820. The van der Waals surface area contributed by atoms with E-state index in [1.165, 1.54) is 14.5 Å². The maximum absolute atomic E-state index is 13.5. The molecule has 0 radical (unpaired) electrons. The number of hydrogen-bond acceptors (Lipinski definition) is 7. The van der Waals surface area contributed by atoms with Crippen LogP contribution in [0.2, 0.25) is 0 Å². The molecule has 8 nitrogen and oxygen atoms in total. The molecule has 5 aromatic rings. The minimum atomic E-state index is -0.115. The van der Waals surface area contributed by atoms with Crippen molar-refractivity contribution in [3.63, 3.8) is 0 Å². The number of nitrogens with one attached hydrogen (secondary N) is 1. The maximum Gasteiger partial charge on any atom is 0.253 e. The molecule has 4 aromatic carbocycles. The van der Waals surface area contributed by atoms with Crippen molar-refractivity contribution in [3.05, 3.63) is 109 Å². The van der Waals surface area contributed by atoms with Gasteiger partial charge in [-0.25, -0.2) is 4.68 Å². The molecule has 0 saturated carbocycles. The lowest BCUT2D eigenvalue weighted by molar-refractivity contribution is -0.121. The number of hydrogen-bond donors (Lipinski definition) is 1. The first-order valence-electron chi connectivity index (χ1n) is 13.6. The molecule has 0 fully saturated rings. The zero-order valence-electron chi connectivity index (χ0n) is 22.5. The van der Waals surface area contributed by atoms with Crippen molar-refractivity contribution in [2.45, 2.75) is 39.1 Å². The van der Waals surface area contributed by atoms with E-state index in [1.807, 2.05) is 72.8 Å². The molecule has 10 heteroatoms. The number of benzene rings is 4. The van der Waals surface area contributed by atoms with Gasteiger partial charge in [-0.3, -0.25) is 14.5 Å². The Morgan fingerprint density at radius 2 is 1.19 bits per heavy atom. The van der Waals surface area contributed by atoms with Gasteiger partial charge in [0.1, 0.15) is 12.2 Å². The Bertz CT molecular complexity index is 1710. The first-order chi connectivity index (χ1) is 20.6. The standard InChI is InChI=1S/C32H26N6O2S2/c39-31(17-18-37-23-9-1-5-13-27(23)41-28-14-6-2-10-24(28)37)33-19-22-20-36(35-34-22)21-32(40)38-25-11-3-7-15-29(25)42-30-16-8-4-12-26(30)38/h1-16,20H,17-19,21H2,(H,33,39). The highest BCUT2D eigenvalue weighted by Gasteiger charge is 2.28. The van der Waals surface area contributed by atoms with Gasteiger partial charge in [-0.05, 0) is 48.5 Å². The fourth-order valence-electron chi connectivity index (χ4n) is 5.19. The predicted molar refractivity (Wildman–Crippen MR) is 165 cm³/mol. The predicted octanol–water partition coefficient (Wildman–Crippen LogP) is 6.42. The lowest BCUT2D eigenvalue weighted by Crippen LogP contribution is -2.31. The van der Waals surface area contributed by atoms with E-state index in [0.29, 0.717) is 18.7 Å². The monoisotopic (exact) mass is 590 g/mol. The van der Waals surface area contributed by atoms with E-state index in [1.54, 1.807) is 34.6 Å². The van der Waals surface area contributed by atoms with E-state index >= 15 is 0 Å². The molecule has 2 amide bonds. The van der Waals surface area contributed by atoms with Crippen molar-refractivity contribution in [2.24, 2.45) is 0 Å². The maximum atomic E-state index is 13.5. The van der Waals surface area contributed by atoms with E-state index in [4.69, 9.17) is 0 Å². The number of para-hydroxylation sites is 4. The highest BCUT2D eigenvalue weighted by Crippen LogP contribution is 2.49. The fourth-order valence-corrected chi connectivity index (χ4v) is 7.35. The van der Waals surface area contributed by atoms with Crippen LogP contribution in [0.15, 0.2) is 123 Å². The number of carbonyl (C=O) groups is 2. The second kappa shape index (κ2) is 11.4. The average Bonchev–Trinajstić information content (AvgIpc) is 3.47. The number of rotatable bonds is 7. The van der Waals surface area contributed by atoms with Crippen molar-refractivity contribution in [3.8, 4) is 0 Å². The quantitative estimate of drug-likeness (QED) is 0.234. The Hall–Kier alpha value is -4.54. The van der Waals surface area contributed by atoms with Crippen molar-refractivity contribution in [1.82, 2.24) is 20.3 Å². The van der Waals surface area contributed by atoms with Crippen LogP contribution in [0, 0.1) is 0 Å². The van der Waals surface area contributed by atoms with Gasteiger partial charge < -0.3 is 10.2 Å². The number of fused-ring (bicyclic) bond motifs is 4. The molecular formula is C32H26N6O2S2. The van der Waals surface area contributed by atoms with Crippen LogP contribution in [-0.4, -0.2) is 33.4 Å². The Morgan fingerprint density at radius 3 is 1.76 bits per heavy atom. The highest BCUT2D eigenvalue weighted by atomic mass is 32.2. The third-order valence-corrected chi connectivity index (χ3v) is 9.39. The molecule has 0 aliphatic carbocycles. The van der Waals surface area contributed by atoms with E-state index in [0.717, 1.165) is 32.5 Å². The third-order valence-electron chi connectivity index (χ3n) is 7.13. The van der Waals surface area contributed by atoms with Gasteiger partial charge in [-0.2, -0.15) is 0 Å². The van der Waals surface area contributed by atoms with Gasteiger partial charge in [0.2, 0.25) is 5.91 Å². The molecule has 7 rings (SSSR count). The van der Waals surface area contributed by atoms with Crippen LogP contribution >= 0.6 is 23.5 Å². The summed E-state index contributed by atoms with van der Waals surface area (Å²) >= 11 is 3.41. The Morgan fingerprint density at radius 1 is 0.690 bits per heavy atom. The van der Waals surface area contributed by atoms with Gasteiger partial charge in [-0.15, -0.1) is 5.10 Å². The van der Waals surface area contributed by atoms with Gasteiger partial charge >= 0.3 is 0 Å². The minimum Gasteiger partial charge on any atom is -0.350 e. The summed E-state index contributed by atoms with van der Waals surface area (Å²) < 4.78 is 1.52. The van der Waals surface area contributed by atoms with E-state index in [-0.39, 0.29) is 24.9 Å². The first kappa shape index (κ1) is 26.4. The van der Waals surface area contributed by atoms with Gasteiger partial charge in [0.25, 0.3) is 5.91 Å². The van der Waals surface area contributed by atoms with Crippen LogP contribution in [0.4, 0.5) is 22.7 Å². The van der Waals surface area contributed by atoms with Crippen LogP contribution in [0.1, 0.15) is 12.1 Å². The molecule has 1 N–H and O–H groups in total. The third kappa shape index (κ3) is 5.15. The molecule has 0 atom stereocenters. The van der Waals surface area contributed by atoms with Crippen molar-refractivity contribution < 1.29 is 9.59 Å².